The van der Waals surface area contributed by atoms with Crippen LogP contribution in [0, 0.1) is 6.92 Å². The molecule has 1 spiro atoms. The number of carbonyl (C=O) groups is 3. The molecule has 0 aliphatic carbocycles. The van der Waals surface area contributed by atoms with Gasteiger partial charge in [0.15, 0.2) is 0 Å². The largest absolute Gasteiger partial charge is 0.497 e. The van der Waals surface area contributed by atoms with E-state index in [0.717, 1.165) is 31.5 Å². The van der Waals surface area contributed by atoms with Crippen molar-refractivity contribution in [2.45, 2.75) is 44.4 Å². The van der Waals surface area contributed by atoms with Gasteiger partial charge in [0.05, 0.1) is 13.7 Å². The zero-order valence-electron chi connectivity index (χ0n) is 20.9. The minimum Gasteiger partial charge on any atom is -0.497 e. The molecule has 36 heavy (non-hydrogen) atoms. The number of piperidine rings is 1. The van der Waals surface area contributed by atoms with Gasteiger partial charge in [-0.25, -0.2) is 0 Å². The molecule has 8 nitrogen and oxygen atoms in total. The highest BCUT2D eigenvalue weighted by molar-refractivity contribution is 5.99. The van der Waals surface area contributed by atoms with E-state index < -0.39 is 11.8 Å². The summed E-state index contributed by atoms with van der Waals surface area (Å²) in [5.41, 5.74) is 1.13. The van der Waals surface area contributed by atoms with Crippen LogP contribution in [-0.2, 0) is 9.53 Å². The van der Waals surface area contributed by atoms with Crippen molar-refractivity contribution in [2.75, 3.05) is 39.9 Å². The van der Waals surface area contributed by atoms with E-state index in [1.807, 2.05) is 36.1 Å². The van der Waals surface area contributed by atoms with Gasteiger partial charge in [-0.3, -0.25) is 19.3 Å². The maximum Gasteiger partial charge on any atom is 0.257 e. The van der Waals surface area contributed by atoms with Crippen LogP contribution in [0.2, 0.25) is 0 Å². The fraction of sp³-hybridized carbons (Fsp3) is 0.464. The van der Waals surface area contributed by atoms with Crippen LogP contribution in [0.1, 0.15) is 52.0 Å². The van der Waals surface area contributed by atoms with Crippen LogP contribution in [0.3, 0.4) is 0 Å². The molecule has 0 saturated carbocycles. The Kier molecular flexibility index (Phi) is 6.71. The average Bonchev–Trinajstić information content (AvgIpc) is 3.57. The van der Waals surface area contributed by atoms with E-state index in [1.165, 1.54) is 0 Å². The number of carbonyl (C=O) groups excluding carboxylic acids is 3. The van der Waals surface area contributed by atoms with E-state index >= 15 is 0 Å². The number of nitrogens with zero attached hydrogens (tertiary/aromatic N) is 3. The molecule has 0 N–H and O–H groups in total. The Hall–Kier alpha value is -3.39. The molecule has 5 rings (SSSR count). The zero-order chi connectivity index (χ0) is 25.3. The van der Waals surface area contributed by atoms with Crippen LogP contribution in [0.25, 0.3) is 0 Å². The van der Waals surface area contributed by atoms with Gasteiger partial charge in [-0.15, -0.1) is 0 Å². The quantitative estimate of drug-likeness (QED) is 0.657. The maximum absolute atomic E-state index is 14.0. The average molecular weight is 492 g/mol. The molecule has 2 aromatic carbocycles. The number of aryl methyl sites for hydroxylation is 1. The summed E-state index contributed by atoms with van der Waals surface area (Å²) in [5.74, 6) is 0.413. The lowest BCUT2D eigenvalue weighted by molar-refractivity contribution is -0.136. The number of likely N-dealkylation sites (tertiary alicyclic amines) is 2. The Morgan fingerprint density at radius 1 is 0.889 bits per heavy atom. The second kappa shape index (κ2) is 9.93. The molecule has 3 amide bonds. The number of rotatable bonds is 4. The van der Waals surface area contributed by atoms with Crippen LogP contribution in [-0.4, -0.2) is 84.1 Å². The number of hydrogen-bond acceptors (Lipinski definition) is 5. The molecule has 3 aliphatic rings. The first-order valence-electron chi connectivity index (χ1n) is 12.7. The van der Waals surface area contributed by atoms with Gasteiger partial charge in [0.2, 0.25) is 5.91 Å². The van der Waals surface area contributed by atoms with Crippen molar-refractivity contribution in [3.05, 3.63) is 65.2 Å². The van der Waals surface area contributed by atoms with Gasteiger partial charge in [0.25, 0.3) is 11.8 Å². The normalized spacial score (nSPS) is 21.2. The summed E-state index contributed by atoms with van der Waals surface area (Å²) >= 11 is 0. The summed E-state index contributed by atoms with van der Waals surface area (Å²) in [6.45, 7) is 4.40. The summed E-state index contributed by atoms with van der Waals surface area (Å²) < 4.78 is 11.5. The van der Waals surface area contributed by atoms with E-state index in [-0.39, 0.29) is 24.3 Å². The molecule has 3 aliphatic heterocycles. The van der Waals surface area contributed by atoms with Gasteiger partial charge in [0.1, 0.15) is 17.5 Å². The van der Waals surface area contributed by atoms with Crippen LogP contribution >= 0.6 is 0 Å². The fourth-order valence-corrected chi connectivity index (χ4v) is 5.62. The monoisotopic (exact) mass is 491 g/mol. The topological polar surface area (TPSA) is 79.4 Å². The van der Waals surface area contributed by atoms with Crippen molar-refractivity contribution in [3.63, 3.8) is 0 Å². The molecular weight excluding hydrogens is 458 g/mol. The van der Waals surface area contributed by atoms with Gasteiger partial charge in [0, 0.05) is 50.1 Å². The van der Waals surface area contributed by atoms with E-state index in [9.17, 15) is 14.4 Å². The van der Waals surface area contributed by atoms with Gasteiger partial charge in [-0.2, -0.15) is 0 Å². The fourth-order valence-electron chi connectivity index (χ4n) is 5.62. The second-order valence-corrected chi connectivity index (χ2v) is 9.82. The lowest BCUT2D eigenvalue weighted by Gasteiger charge is -2.45. The summed E-state index contributed by atoms with van der Waals surface area (Å²) in [6.07, 6.45) is 2.88. The van der Waals surface area contributed by atoms with Crippen molar-refractivity contribution in [1.29, 1.82) is 0 Å². The van der Waals surface area contributed by atoms with Crippen LogP contribution in [0.5, 0.6) is 5.75 Å². The Balaban J connectivity index is 1.38. The van der Waals surface area contributed by atoms with Crippen molar-refractivity contribution in [2.24, 2.45) is 0 Å². The maximum atomic E-state index is 14.0. The highest BCUT2D eigenvalue weighted by Crippen LogP contribution is 2.39. The standard InChI is InChI=1S/C28H33N3O5/c1-20-7-3-4-8-23(20)26(33)31-24(27(34)29-15-5-6-16-29)19-36-28(31)13-17-30(18-14-28)25(32)21-9-11-22(35-2)12-10-21/h3-4,7-12,24H,5-6,13-19H2,1-2H3. The Labute approximate surface area is 211 Å². The highest BCUT2D eigenvalue weighted by atomic mass is 16.5. The number of benzene rings is 2. The van der Waals surface area contributed by atoms with E-state index in [1.54, 1.807) is 41.2 Å². The number of ether oxygens (including phenoxy) is 2. The van der Waals surface area contributed by atoms with Crippen LogP contribution < -0.4 is 4.74 Å². The van der Waals surface area contributed by atoms with E-state index in [4.69, 9.17) is 9.47 Å². The molecule has 3 heterocycles. The third-order valence-corrected chi connectivity index (χ3v) is 7.73. The lowest BCUT2D eigenvalue weighted by atomic mass is 9.95. The highest BCUT2D eigenvalue weighted by Gasteiger charge is 2.55. The Bertz CT molecular complexity index is 1130. The van der Waals surface area contributed by atoms with Crippen LogP contribution in [0.4, 0.5) is 0 Å². The molecule has 3 saturated heterocycles. The van der Waals surface area contributed by atoms with E-state index in [0.29, 0.717) is 42.8 Å². The van der Waals surface area contributed by atoms with Gasteiger partial charge in [-0.05, 0) is 55.7 Å². The molecule has 1 unspecified atom stereocenters. The molecule has 0 aromatic heterocycles. The van der Waals surface area contributed by atoms with Crippen molar-refractivity contribution in [3.8, 4) is 5.75 Å². The number of hydrogen-bond donors (Lipinski definition) is 0. The third-order valence-electron chi connectivity index (χ3n) is 7.73. The molecule has 190 valence electrons. The van der Waals surface area contributed by atoms with Crippen molar-refractivity contribution < 1.29 is 23.9 Å². The van der Waals surface area contributed by atoms with Gasteiger partial charge in [-0.1, -0.05) is 18.2 Å². The predicted octanol–water partition coefficient (Wildman–Crippen LogP) is 3.10. The Morgan fingerprint density at radius 2 is 1.56 bits per heavy atom. The minimum absolute atomic E-state index is 0.0388. The molecule has 0 bridgehead atoms. The molecule has 2 aromatic rings. The zero-order valence-corrected chi connectivity index (χ0v) is 20.9. The first kappa shape index (κ1) is 24.3. The summed E-state index contributed by atoms with van der Waals surface area (Å²) in [5, 5.41) is 0. The smallest absolute Gasteiger partial charge is 0.257 e. The lowest BCUT2D eigenvalue weighted by Crippen LogP contribution is -2.60. The second-order valence-electron chi connectivity index (χ2n) is 9.82. The van der Waals surface area contributed by atoms with Gasteiger partial charge < -0.3 is 19.3 Å². The predicted molar refractivity (Wildman–Crippen MR) is 134 cm³/mol. The summed E-state index contributed by atoms with van der Waals surface area (Å²) in [7, 11) is 1.59. The summed E-state index contributed by atoms with van der Waals surface area (Å²) in [6, 6.07) is 13.9. The first-order valence-corrected chi connectivity index (χ1v) is 12.7. The van der Waals surface area contributed by atoms with Crippen LogP contribution in [0.15, 0.2) is 48.5 Å². The Morgan fingerprint density at radius 3 is 2.19 bits per heavy atom. The van der Waals surface area contributed by atoms with Crippen molar-refractivity contribution in [1.82, 2.24) is 14.7 Å². The van der Waals surface area contributed by atoms with E-state index in [2.05, 4.69) is 0 Å². The summed E-state index contributed by atoms with van der Waals surface area (Å²) in [4.78, 5) is 45.9. The molecule has 8 heteroatoms. The minimum atomic E-state index is -0.907. The molecular formula is C28H33N3O5. The van der Waals surface area contributed by atoms with Crippen molar-refractivity contribution >= 4 is 17.7 Å². The third kappa shape index (κ3) is 4.34. The molecule has 0 radical (unpaired) electrons. The molecule has 3 fully saturated rings. The number of amides is 3. The molecule has 1 atom stereocenters. The van der Waals surface area contributed by atoms with Gasteiger partial charge >= 0.3 is 0 Å². The SMILES string of the molecule is COc1ccc(C(=O)N2CCC3(CC2)OCC(C(=O)N2CCCC2)N3C(=O)c2ccccc2C)cc1. The number of methoxy groups -OCH3 is 1. The first-order chi connectivity index (χ1) is 17.4.